The van der Waals surface area contributed by atoms with Crippen LogP contribution in [0.2, 0.25) is 0 Å². The number of nitrogens with zero attached hydrogens (tertiary/aromatic N) is 4. The lowest BCUT2D eigenvalue weighted by molar-refractivity contribution is 0.388. The molecule has 7 nitrogen and oxygen atoms in total. The minimum atomic E-state index is 0.251. The molecule has 8 heteroatoms. The van der Waals surface area contributed by atoms with Crippen molar-refractivity contribution in [2.45, 2.75) is 20.4 Å². The molecule has 3 aromatic rings. The lowest BCUT2D eigenvalue weighted by Crippen LogP contribution is -2.05. The van der Waals surface area contributed by atoms with Crippen molar-refractivity contribution in [1.82, 2.24) is 20.1 Å². The lowest BCUT2D eigenvalue weighted by Gasteiger charge is -2.04. The van der Waals surface area contributed by atoms with Gasteiger partial charge in [-0.1, -0.05) is 5.16 Å². The second kappa shape index (κ2) is 4.47. The maximum Gasteiger partial charge on any atom is 0.223 e. The third-order valence-electron chi connectivity index (χ3n) is 2.52. The van der Waals surface area contributed by atoms with E-state index in [0.29, 0.717) is 24.1 Å². The number of hydrogen-bond donors (Lipinski definition) is 2. The summed E-state index contributed by atoms with van der Waals surface area (Å²) in [6, 6.07) is 2.03. The molecule has 0 aliphatic heterocycles. The van der Waals surface area contributed by atoms with Crippen molar-refractivity contribution in [2.24, 2.45) is 0 Å². The van der Waals surface area contributed by atoms with Crippen LogP contribution >= 0.6 is 11.3 Å². The van der Waals surface area contributed by atoms with Gasteiger partial charge in [-0.15, -0.1) is 11.3 Å². The molecule has 98 valence electrons. The molecule has 0 saturated carbocycles. The Morgan fingerprint density at radius 3 is 2.89 bits per heavy atom. The van der Waals surface area contributed by atoms with Crippen molar-refractivity contribution in [3.05, 3.63) is 22.7 Å². The molecular weight excluding hydrogens is 264 g/mol. The highest BCUT2D eigenvalue weighted by Crippen LogP contribution is 2.29. The monoisotopic (exact) mass is 276 g/mol. The molecular formula is C11H12N6OS. The van der Waals surface area contributed by atoms with Gasteiger partial charge in [-0.25, -0.2) is 4.98 Å². The summed E-state index contributed by atoms with van der Waals surface area (Å²) in [5, 5.41) is 7.94. The highest BCUT2D eigenvalue weighted by molar-refractivity contribution is 7.18. The molecule has 0 aromatic carbocycles. The summed E-state index contributed by atoms with van der Waals surface area (Å²) in [5.74, 6) is 2.06. The maximum absolute atomic E-state index is 5.70. The zero-order chi connectivity index (χ0) is 13.4. The average molecular weight is 276 g/mol. The Bertz CT molecular complexity index is 734. The Kier molecular flexibility index (Phi) is 2.79. The van der Waals surface area contributed by atoms with Gasteiger partial charge < -0.3 is 15.6 Å². The summed E-state index contributed by atoms with van der Waals surface area (Å²) in [6.45, 7) is 4.20. The van der Waals surface area contributed by atoms with Crippen LogP contribution < -0.4 is 11.1 Å². The van der Waals surface area contributed by atoms with Gasteiger partial charge in [0.15, 0.2) is 5.82 Å². The predicted octanol–water partition coefficient (Wildman–Crippen LogP) is 1.89. The van der Waals surface area contributed by atoms with Crippen molar-refractivity contribution in [1.29, 1.82) is 0 Å². The van der Waals surface area contributed by atoms with Crippen molar-refractivity contribution < 1.29 is 4.52 Å². The third kappa shape index (κ3) is 2.34. The Labute approximate surface area is 112 Å². The van der Waals surface area contributed by atoms with Crippen LogP contribution in [0.5, 0.6) is 0 Å². The van der Waals surface area contributed by atoms with E-state index < -0.39 is 0 Å². The van der Waals surface area contributed by atoms with Crippen LogP contribution in [-0.4, -0.2) is 20.1 Å². The number of fused-ring (bicyclic) bond motifs is 1. The fourth-order valence-corrected chi connectivity index (χ4v) is 2.66. The fourth-order valence-electron chi connectivity index (χ4n) is 1.77. The topological polar surface area (TPSA) is 103 Å². The van der Waals surface area contributed by atoms with Crippen molar-refractivity contribution >= 4 is 33.3 Å². The van der Waals surface area contributed by atoms with Crippen LogP contribution in [-0.2, 0) is 6.54 Å². The largest absolute Gasteiger partial charge is 0.368 e. The number of anilines is 2. The first-order valence-corrected chi connectivity index (χ1v) is 6.50. The summed E-state index contributed by atoms with van der Waals surface area (Å²) in [5.41, 5.74) is 5.70. The lowest BCUT2D eigenvalue weighted by atomic mass is 10.3. The van der Waals surface area contributed by atoms with E-state index in [1.807, 2.05) is 13.0 Å². The molecule has 3 N–H and O–H groups in total. The second-order valence-electron chi connectivity index (χ2n) is 4.09. The molecule has 0 unspecified atom stereocenters. The van der Waals surface area contributed by atoms with E-state index in [0.717, 1.165) is 15.1 Å². The number of nitrogens with one attached hydrogen (secondary N) is 1. The van der Waals surface area contributed by atoms with E-state index in [9.17, 15) is 0 Å². The van der Waals surface area contributed by atoms with Crippen LogP contribution in [0.25, 0.3) is 10.2 Å². The highest BCUT2D eigenvalue weighted by Gasteiger charge is 2.10. The van der Waals surface area contributed by atoms with Crippen molar-refractivity contribution in [3.63, 3.8) is 0 Å². The molecule has 3 heterocycles. The molecule has 0 amide bonds. The van der Waals surface area contributed by atoms with E-state index in [1.165, 1.54) is 0 Å². The molecule has 19 heavy (non-hydrogen) atoms. The normalized spacial score (nSPS) is 11.1. The molecule has 3 rings (SSSR count). The second-order valence-corrected chi connectivity index (χ2v) is 5.32. The fraction of sp³-hybridized carbons (Fsp3) is 0.273. The molecule has 0 spiro atoms. The smallest absolute Gasteiger partial charge is 0.223 e. The zero-order valence-electron chi connectivity index (χ0n) is 10.5. The first-order chi connectivity index (χ1) is 9.11. The molecule has 3 aromatic heterocycles. The zero-order valence-corrected chi connectivity index (χ0v) is 11.3. The SMILES string of the molecule is Cc1nc(CNc2nc(N)nc3sc(C)cc23)no1. The molecule has 0 saturated heterocycles. The van der Waals surface area contributed by atoms with Crippen LogP contribution in [0.15, 0.2) is 10.6 Å². The summed E-state index contributed by atoms with van der Waals surface area (Å²) in [4.78, 5) is 14.6. The molecule has 0 aliphatic carbocycles. The molecule has 0 aliphatic rings. The van der Waals surface area contributed by atoms with Gasteiger partial charge in [0.1, 0.15) is 10.6 Å². The van der Waals surface area contributed by atoms with Gasteiger partial charge in [0.05, 0.1) is 11.9 Å². The van der Waals surface area contributed by atoms with Crippen molar-refractivity contribution in [3.8, 4) is 0 Å². The Balaban J connectivity index is 1.91. The number of aromatic nitrogens is 4. The number of hydrogen-bond acceptors (Lipinski definition) is 8. The number of aryl methyl sites for hydroxylation is 2. The number of thiophene rings is 1. The van der Waals surface area contributed by atoms with E-state index in [4.69, 9.17) is 10.3 Å². The van der Waals surface area contributed by atoms with Crippen LogP contribution in [0.1, 0.15) is 16.6 Å². The maximum atomic E-state index is 5.70. The van der Waals surface area contributed by atoms with E-state index in [2.05, 4.69) is 25.4 Å². The van der Waals surface area contributed by atoms with Gasteiger partial charge in [-0.3, -0.25) is 0 Å². The number of nitrogen functional groups attached to an aromatic ring is 1. The predicted molar refractivity (Wildman–Crippen MR) is 72.9 cm³/mol. The minimum Gasteiger partial charge on any atom is -0.368 e. The summed E-state index contributed by atoms with van der Waals surface area (Å²) in [6.07, 6.45) is 0. The van der Waals surface area contributed by atoms with Gasteiger partial charge in [0, 0.05) is 11.8 Å². The van der Waals surface area contributed by atoms with Gasteiger partial charge in [-0.05, 0) is 13.0 Å². The van der Waals surface area contributed by atoms with Gasteiger partial charge in [-0.2, -0.15) is 9.97 Å². The average Bonchev–Trinajstić information content (AvgIpc) is 2.91. The van der Waals surface area contributed by atoms with E-state index in [-0.39, 0.29) is 5.95 Å². The van der Waals surface area contributed by atoms with Gasteiger partial charge in [0.25, 0.3) is 0 Å². The van der Waals surface area contributed by atoms with Crippen LogP contribution in [0.3, 0.4) is 0 Å². The highest BCUT2D eigenvalue weighted by atomic mass is 32.1. The van der Waals surface area contributed by atoms with Crippen LogP contribution in [0, 0.1) is 13.8 Å². The van der Waals surface area contributed by atoms with Crippen molar-refractivity contribution in [2.75, 3.05) is 11.1 Å². The standard InChI is InChI=1S/C11H12N6OS/c1-5-3-7-9(15-11(12)16-10(7)19-5)13-4-8-14-6(2)18-17-8/h3H,4H2,1-2H3,(H3,12,13,15,16). The summed E-state index contributed by atoms with van der Waals surface area (Å²) in [7, 11) is 0. The molecule has 0 atom stereocenters. The third-order valence-corrected chi connectivity index (χ3v) is 3.46. The first-order valence-electron chi connectivity index (χ1n) is 5.68. The van der Waals surface area contributed by atoms with E-state index >= 15 is 0 Å². The number of rotatable bonds is 3. The minimum absolute atomic E-state index is 0.251. The molecule has 0 fully saturated rings. The Morgan fingerprint density at radius 1 is 1.32 bits per heavy atom. The van der Waals surface area contributed by atoms with Gasteiger partial charge >= 0.3 is 0 Å². The summed E-state index contributed by atoms with van der Waals surface area (Å²) >= 11 is 1.59. The van der Waals surface area contributed by atoms with Gasteiger partial charge in [0.2, 0.25) is 11.8 Å². The summed E-state index contributed by atoms with van der Waals surface area (Å²) < 4.78 is 4.91. The van der Waals surface area contributed by atoms with E-state index in [1.54, 1.807) is 18.3 Å². The first kappa shape index (κ1) is 11.8. The quantitative estimate of drug-likeness (QED) is 0.752. The Morgan fingerprint density at radius 2 is 2.16 bits per heavy atom. The van der Waals surface area contributed by atoms with Crippen LogP contribution in [0.4, 0.5) is 11.8 Å². The number of nitrogens with two attached hydrogens (primary N) is 1. The molecule has 0 bridgehead atoms. The Hall–Kier alpha value is -2.22. The molecule has 0 radical (unpaired) electrons.